The van der Waals surface area contributed by atoms with Gasteiger partial charge in [0, 0.05) is 23.1 Å². The molecule has 2 amide bonds. The Kier molecular flexibility index (Phi) is 4.79. The quantitative estimate of drug-likeness (QED) is 0.532. The molecular weight excluding hydrogens is 406 g/mol. The van der Waals surface area contributed by atoms with Gasteiger partial charge >= 0.3 is 6.03 Å². The van der Waals surface area contributed by atoms with E-state index in [1.54, 1.807) is 11.8 Å². The number of thiol groups is 1. The highest BCUT2D eigenvalue weighted by Gasteiger charge is 2.33. The smallest absolute Gasteiger partial charge is 0.330 e. The molecule has 0 unspecified atom stereocenters. The highest BCUT2D eigenvalue weighted by Crippen LogP contribution is 2.39. The molecule has 0 fully saturated rings. The van der Waals surface area contributed by atoms with Gasteiger partial charge in [0.1, 0.15) is 17.5 Å². The van der Waals surface area contributed by atoms with Crippen LogP contribution in [0.4, 0.5) is 10.5 Å². The normalized spacial score (nSPS) is 19.7. The van der Waals surface area contributed by atoms with Crippen LogP contribution in [0, 0.1) is 0 Å². The van der Waals surface area contributed by atoms with Crippen LogP contribution in [-0.4, -0.2) is 40.3 Å². The zero-order valence-corrected chi connectivity index (χ0v) is 17.8. The lowest BCUT2D eigenvalue weighted by Crippen LogP contribution is -2.45. The Labute approximate surface area is 176 Å². The minimum Gasteiger partial charge on any atom is -0.475 e. The number of urea groups is 1. The molecule has 0 spiro atoms. The third-order valence-electron chi connectivity index (χ3n) is 6.19. The van der Waals surface area contributed by atoms with Gasteiger partial charge in [-0.2, -0.15) is 5.10 Å². The summed E-state index contributed by atoms with van der Waals surface area (Å²) in [5.74, 6) is 0.324. The van der Waals surface area contributed by atoms with Crippen LogP contribution >= 0.6 is 0 Å². The first-order chi connectivity index (χ1) is 14.5. The number of fused-ring (bicyclic) bond motifs is 3. The van der Waals surface area contributed by atoms with E-state index in [-0.39, 0.29) is 10.9 Å². The number of nitrogens with zero attached hydrogens (tertiary/aromatic N) is 2. The number of hydrogen-bond donors (Lipinski definition) is 4. The predicted octanol–water partition coefficient (Wildman–Crippen LogP) is 1.43. The lowest BCUT2D eigenvalue weighted by atomic mass is 9.99. The molecule has 1 aliphatic heterocycles. The average Bonchev–Trinajstić information content (AvgIpc) is 3.46. The summed E-state index contributed by atoms with van der Waals surface area (Å²) >= 11 is 0. The third-order valence-corrected chi connectivity index (χ3v) is 7.74. The van der Waals surface area contributed by atoms with Gasteiger partial charge in [0.2, 0.25) is 5.88 Å². The Hall–Kier alpha value is -2.43. The van der Waals surface area contributed by atoms with Crippen molar-refractivity contribution < 1.29 is 18.5 Å². The molecule has 2 aliphatic carbocycles. The van der Waals surface area contributed by atoms with Gasteiger partial charge in [-0.3, -0.25) is 9.86 Å². The van der Waals surface area contributed by atoms with E-state index in [1.807, 2.05) is 0 Å². The van der Waals surface area contributed by atoms with Crippen molar-refractivity contribution in [2.24, 2.45) is 5.14 Å². The second kappa shape index (κ2) is 7.36. The molecule has 2 heterocycles. The summed E-state index contributed by atoms with van der Waals surface area (Å²) in [5.41, 5.74) is 5.92. The largest absolute Gasteiger partial charge is 0.475 e. The van der Waals surface area contributed by atoms with Crippen LogP contribution in [0.5, 0.6) is 5.88 Å². The number of rotatable bonds is 5. The number of benzene rings is 1. The van der Waals surface area contributed by atoms with Gasteiger partial charge in [-0.25, -0.2) is 13.7 Å². The molecule has 0 saturated heterocycles. The molecule has 0 saturated carbocycles. The zero-order chi connectivity index (χ0) is 20.9. The topological polar surface area (TPSA) is 120 Å². The fraction of sp³-hybridized carbons (Fsp3) is 0.500. The molecule has 1 atom stereocenters. The average molecular weight is 434 g/mol. The van der Waals surface area contributed by atoms with E-state index in [9.17, 15) is 9.00 Å². The third kappa shape index (κ3) is 3.19. The summed E-state index contributed by atoms with van der Waals surface area (Å²) < 4.78 is 28.1. The van der Waals surface area contributed by atoms with Crippen molar-refractivity contribution in [2.45, 2.75) is 49.5 Å². The summed E-state index contributed by atoms with van der Waals surface area (Å²) in [6, 6.07) is 1.62. The first-order valence-corrected chi connectivity index (χ1v) is 12.1. The van der Waals surface area contributed by atoms with Crippen molar-refractivity contribution in [1.29, 1.82) is 0 Å². The van der Waals surface area contributed by atoms with Crippen LogP contribution in [0.1, 0.15) is 41.1 Å². The van der Waals surface area contributed by atoms with E-state index in [2.05, 4.69) is 21.2 Å². The number of carbonyl (C=O) groups is 1. The number of nitrogens with one attached hydrogen (secondary N) is 2. The van der Waals surface area contributed by atoms with Crippen molar-refractivity contribution in [2.75, 3.05) is 25.6 Å². The van der Waals surface area contributed by atoms with Crippen LogP contribution < -0.4 is 19.9 Å². The lowest BCUT2D eigenvalue weighted by molar-refractivity contribution is 0.145. The molecular formula is C20H27N5O4S. The molecule has 0 radical (unpaired) electrons. The van der Waals surface area contributed by atoms with E-state index in [4.69, 9.17) is 14.6 Å². The molecule has 30 heavy (non-hydrogen) atoms. The Morgan fingerprint density at radius 2 is 2.00 bits per heavy atom. The minimum absolute atomic E-state index is 0.109. The molecule has 5 rings (SSSR count). The molecule has 1 aromatic heterocycles. The number of amides is 2. The maximum absolute atomic E-state index is 13.2. The number of carbonyl (C=O) groups excluding carboxylic acids is 1. The van der Waals surface area contributed by atoms with Gasteiger partial charge in [0.25, 0.3) is 0 Å². The maximum atomic E-state index is 13.2. The number of hydrogen-bond acceptors (Lipinski definition) is 5. The molecule has 4 N–H and O–H groups in total. The number of aromatic nitrogens is 2. The molecule has 9 nitrogen and oxygen atoms in total. The van der Waals surface area contributed by atoms with Crippen molar-refractivity contribution in [3.05, 3.63) is 34.5 Å². The SMILES string of the molecule is COC[C@H]1COc2c([SH](N)(=O)NC(=O)Nc3c4c(cc5c3CCC5)CCC4)cnn21. The summed E-state index contributed by atoms with van der Waals surface area (Å²) in [4.78, 5) is 13.0. The molecule has 3 aliphatic rings. The minimum atomic E-state index is -3.73. The number of ether oxygens (including phenoxy) is 2. The second-order valence-corrected chi connectivity index (χ2v) is 10.2. The summed E-state index contributed by atoms with van der Waals surface area (Å²) in [6.45, 7) is 0.777. The summed E-state index contributed by atoms with van der Waals surface area (Å²) in [6.07, 6.45) is 7.55. The lowest BCUT2D eigenvalue weighted by Gasteiger charge is -2.22. The van der Waals surface area contributed by atoms with E-state index < -0.39 is 16.3 Å². The fourth-order valence-electron chi connectivity index (χ4n) is 4.85. The van der Waals surface area contributed by atoms with Gasteiger partial charge in [-0.15, -0.1) is 0 Å². The van der Waals surface area contributed by atoms with Crippen molar-refractivity contribution >= 4 is 22.0 Å². The Morgan fingerprint density at radius 1 is 1.30 bits per heavy atom. The standard InChI is InChI=1S/C20H27N5O4S/c1-28-10-14-11-29-19-17(9-22-25(14)19)30(21,27)24-20(26)23-18-15-6-2-4-12(15)8-13-5-3-7-16(13)18/h8-9,14,30H,2-7,10-11H2,1H3,(H4,21,23,24,26,27)/t14-/m0/s1. The predicted molar refractivity (Wildman–Crippen MR) is 113 cm³/mol. The van der Waals surface area contributed by atoms with Gasteiger partial charge in [0.15, 0.2) is 0 Å². The second-order valence-electron chi connectivity index (χ2n) is 8.16. The van der Waals surface area contributed by atoms with E-state index >= 15 is 0 Å². The maximum Gasteiger partial charge on any atom is 0.330 e. The highest BCUT2D eigenvalue weighted by molar-refractivity contribution is 7.99. The Morgan fingerprint density at radius 3 is 2.67 bits per heavy atom. The molecule has 0 bridgehead atoms. The van der Waals surface area contributed by atoms with Gasteiger partial charge in [0.05, 0.1) is 12.8 Å². The van der Waals surface area contributed by atoms with E-state index in [0.29, 0.717) is 19.1 Å². The molecule has 10 heteroatoms. The monoisotopic (exact) mass is 433 g/mol. The number of nitrogens with two attached hydrogens (primary N) is 1. The van der Waals surface area contributed by atoms with E-state index in [1.165, 1.54) is 28.5 Å². The molecule has 1 aromatic carbocycles. The van der Waals surface area contributed by atoms with Crippen molar-refractivity contribution in [3.63, 3.8) is 0 Å². The number of methoxy groups -OCH3 is 1. The van der Waals surface area contributed by atoms with Crippen LogP contribution in [0.2, 0.25) is 0 Å². The van der Waals surface area contributed by atoms with Gasteiger partial charge in [-0.1, -0.05) is 6.07 Å². The van der Waals surface area contributed by atoms with E-state index in [0.717, 1.165) is 44.2 Å². The Bertz CT molecular complexity index is 1030. The number of aryl methyl sites for hydroxylation is 2. The first kappa shape index (κ1) is 19.5. The van der Waals surface area contributed by atoms with Gasteiger partial charge in [-0.05, 0) is 60.8 Å². The number of anilines is 1. The van der Waals surface area contributed by atoms with Crippen molar-refractivity contribution in [3.8, 4) is 5.88 Å². The highest BCUT2D eigenvalue weighted by atomic mass is 32.3. The van der Waals surface area contributed by atoms with Crippen LogP contribution in [0.3, 0.4) is 0 Å². The van der Waals surface area contributed by atoms with Gasteiger partial charge < -0.3 is 14.8 Å². The van der Waals surface area contributed by atoms with Crippen LogP contribution in [-0.2, 0) is 40.7 Å². The van der Waals surface area contributed by atoms with Crippen LogP contribution in [0.15, 0.2) is 17.2 Å². The van der Waals surface area contributed by atoms with Crippen LogP contribution in [0.25, 0.3) is 0 Å². The molecule has 162 valence electrons. The fourth-order valence-corrected chi connectivity index (χ4v) is 6.00. The van der Waals surface area contributed by atoms with Crippen molar-refractivity contribution in [1.82, 2.24) is 14.5 Å². The molecule has 2 aromatic rings. The Balaban J connectivity index is 1.37. The zero-order valence-electron chi connectivity index (χ0n) is 16.9. The first-order valence-electron chi connectivity index (χ1n) is 10.3. The summed E-state index contributed by atoms with van der Waals surface area (Å²) in [7, 11) is -2.13. The summed E-state index contributed by atoms with van der Waals surface area (Å²) in [5, 5.41) is 13.3.